The highest BCUT2D eigenvalue weighted by atomic mass is 16.5. The van der Waals surface area contributed by atoms with E-state index in [1.54, 1.807) is 31.2 Å². The molecule has 2 amide bonds. The number of ether oxygens (including phenoxy) is 1. The minimum Gasteiger partial charge on any atom is -0.462 e. The number of nitrogens with zero attached hydrogens (tertiary/aromatic N) is 1. The summed E-state index contributed by atoms with van der Waals surface area (Å²) in [5.41, 5.74) is 0.804. The second-order valence-corrected chi connectivity index (χ2v) is 6.21. The van der Waals surface area contributed by atoms with Crippen LogP contribution in [0.5, 0.6) is 0 Å². The van der Waals surface area contributed by atoms with Crippen molar-refractivity contribution in [2.75, 3.05) is 18.1 Å². The van der Waals surface area contributed by atoms with Crippen molar-refractivity contribution < 1.29 is 19.1 Å². The number of amides is 2. The summed E-state index contributed by atoms with van der Waals surface area (Å²) < 4.78 is 5.06. The van der Waals surface area contributed by atoms with Crippen LogP contribution in [-0.4, -0.2) is 37.0 Å². The third-order valence-electron chi connectivity index (χ3n) is 4.35. The molecule has 1 aromatic carbocycles. The molecule has 1 fully saturated rings. The number of hydrogen-bond donors (Lipinski definition) is 1. The fourth-order valence-corrected chi connectivity index (χ4v) is 3.12. The molecule has 0 atom stereocenters. The van der Waals surface area contributed by atoms with Crippen LogP contribution in [0.25, 0.3) is 0 Å². The van der Waals surface area contributed by atoms with Gasteiger partial charge in [0.25, 0.3) is 0 Å². The minimum atomic E-state index is -0.472. The Morgan fingerprint density at radius 1 is 1.20 bits per heavy atom. The van der Waals surface area contributed by atoms with Crippen LogP contribution in [-0.2, 0) is 14.3 Å². The Labute approximate surface area is 148 Å². The number of carbonyl (C=O) groups is 3. The molecule has 0 spiro atoms. The topological polar surface area (TPSA) is 75.7 Å². The highest BCUT2D eigenvalue weighted by Crippen LogP contribution is 2.22. The van der Waals surface area contributed by atoms with Gasteiger partial charge in [0.15, 0.2) is 0 Å². The predicted octanol–water partition coefficient (Wildman–Crippen LogP) is 2.67. The Bertz CT molecular complexity index is 624. The molecule has 0 unspecified atom stereocenters. The van der Waals surface area contributed by atoms with Gasteiger partial charge in [0.2, 0.25) is 11.8 Å². The van der Waals surface area contributed by atoms with Crippen molar-refractivity contribution in [3.05, 3.63) is 29.8 Å². The third-order valence-corrected chi connectivity index (χ3v) is 4.35. The van der Waals surface area contributed by atoms with Gasteiger partial charge in [-0.05, 0) is 31.9 Å². The average Bonchev–Trinajstić information content (AvgIpc) is 3.08. The van der Waals surface area contributed by atoms with Crippen molar-refractivity contribution >= 4 is 23.5 Å². The first-order valence-electron chi connectivity index (χ1n) is 8.86. The van der Waals surface area contributed by atoms with Gasteiger partial charge >= 0.3 is 5.97 Å². The molecular formula is C19H26N2O4. The summed E-state index contributed by atoms with van der Waals surface area (Å²) in [7, 11) is 0. The molecule has 0 saturated heterocycles. The lowest BCUT2D eigenvalue weighted by atomic mass is 10.1. The van der Waals surface area contributed by atoms with Crippen molar-refractivity contribution in [3.63, 3.8) is 0 Å². The van der Waals surface area contributed by atoms with Crippen LogP contribution >= 0.6 is 0 Å². The van der Waals surface area contributed by atoms with E-state index in [9.17, 15) is 14.4 Å². The van der Waals surface area contributed by atoms with Gasteiger partial charge < -0.3 is 15.0 Å². The smallest absolute Gasteiger partial charge is 0.340 e. The molecule has 1 aliphatic rings. The Morgan fingerprint density at radius 2 is 1.88 bits per heavy atom. The number of esters is 1. The Kier molecular flexibility index (Phi) is 6.98. The molecular weight excluding hydrogens is 320 g/mol. The fraction of sp³-hybridized carbons (Fsp3) is 0.526. The molecule has 0 aliphatic heterocycles. The van der Waals surface area contributed by atoms with Crippen LogP contribution in [0.2, 0.25) is 0 Å². The quantitative estimate of drug-likeness (QED) is 0.770. The fourth-order valence-electron chi connectivity index (χ4n) is 3.12. The van der Waals surface area contributed by atoms with Gasteiger partial charge in [0.1, 0.15) is 0 Å². The van der Waals surface area contributed by atoms with E-state index in [0.717, 1.165) is 25.7 Å². The minimum absolute atomic E-state index is 0.0632. The molecule has 0 aromatic heterocycles. The third kappa shape index (κ3) is 5.31. The number of carbonyl (C=O) groups excluding carboxylic acids is 3. The van der Waals surface area contributed by atoms with Crippen molar-refractivity contribution in [1.29, 1.82) is 0 Å². The van der Waals surface area contributed by atoms with E-state index in [2.05, 4.69) is 5.32 Å². The molecule has 1 aliphatic carbocycles. The molecule has 2 rings (SSSR count). The molecule has 1 saturated carbocycles. The van der Waals surface area contributed by atoms with Gasteiger partial charge in [-0.2, -0.15) is 0 Å². The van der Waals surface area contributed by atoms with E-state index in [-0.39, 0.29) is 37.4 Å². The largest absolute Gasteiger partial charge is 0.462 e. The molecule has 1 N–H and O–H groups in total. The lowest BCUT2D eigenvalue weighted by Crippen LogP contribution is -2.37. The second-order valence-electron chi connectivity index (χ2n) is 6.21. The van der Waals surface area contributed by atoms with Crippen molar-refractivity contribution in [1.82, 2.24) is 5.32 Å². The highest BCUT2D eigenvalue weighted by molar-refractivity contribution is 6.02. The second kappa shape index (κ2) is 9.20. The first-order valence-corrected chi connectivity index (χ1v) is 8.86. The van der Waals surface area contributed by atoms with Gasteiger partial charge in [-0.3, -0.25) is 9.59 Å². The summed E-state index contributed by atoms with van der Waals surface area (Å²) in [6.45, 7) is 3.65. The maximum Gasteiger partial charge on any atom is 0.340 e. The molecule has 6 nitrogen and oxygen atoms in total. The van der Waals surface area contributed by atoms with E-state index in [1.807, 2.05) is 0 Å². The molecule has 6 heteroatoms. The monoisotopic (exact) mass is 346 g/mol. The molecule has 25 heavy (non-hydrogen) atoms. The van der Waals surface area contributed by atoms with Crippen molar-refractivity contribution in [2.45, 2.75) is 52.0 Å². The van der Waals surface area contributed by atoms with Crippen molar-refractivity contribution in [3.8, 4) is 0 Å². The van der Waals surface area contributed by atoms with Gasteiger partial charge in [-0.15, -0.1) is 0 Å². The molecule has 136 valence electrons. The zero-order valence-electron chi connectivity index (χ0n) is 14.9. The van der Waals surface area contributed by atoms with E-state index in [1.165, 1.54) is 11.8 Å². The Hall–Kier alpha value is -2.37. The lowest BCUT2D eigenvalue weighted by molar-refractivity contribution is -0.121. The molecule has 0 radical (unpaired) electrons. The van der Waals surface area contributed by atoms with E-state index >= 15 is 0 Å². The lowest BCUT2D eigenvalue weighted by Gasteiger charge is -2.23. The summed E-state index contributed by atoms with van der Waals surface area (Å²) in [5, 5.41) is 3.01. The van der Waals surface area contributed by atoms with Gasteiger partial charge in [0.05, 0.1) is 17.9 Å². The summed E-state index contributed by atoms with van der Waals surface area (Å²) in [4.78, 5) is 37.8. The van der Waals surface area contributed by atoms with Gasteiger partial charge in [-0.1, -0.05) is 25.0 Å². The number of anilines is 1. The van der Waals surface area contributed by atoms with Crippen LogP contribution in [0, 0.1) is 0 Å². The summed E-state index contributed by atoms with van der Waals surface area (Å²) >= 11 is 0. The van der Waals surface area contributed by atoms with Crippen molar-refractivity contribution in [2.24, 2.45) is 0 Å². The summed E-state index contributed by atoms with van der Waals surface area (Å²) in [5.74, 6) is -0.753. The van der Waals surface area contributed by atoms with Crippen LogP contribution in [0.15, 0.2) is 24.3 Å². The maximum atomic E-state index is 12.1. The summed E-state index contributed by atoms with van der Waals surface area (Å²) in [6, 6.07) is 7.06. The zero-order valence-corrected chi connectivity index (χ0v) is 14.9. The van der Waals surface area contributed by atoms with Crippen LogP contribution in [0.3, 0.4) is 0 Å². The standard InChI is InChI=1S/C19H26N2O4/c1-3-25-19(24)16-10-6-7-11-17(16)21(14(2)22)13-12-18(23)20-15-8-4-5-9-15/h6-7,10-11,15H,3-5,8-9,12-13H2,1-2H3,(H,20,23). The Balaban J connectivity index is 2.06. The SMILES string of the molecule is CCOC(=O)c1ccccc1N(CCC(=O)NC1CCCC1)C(C)=O. The first kappa shape index (κ1) is 19.0. The van der Waals surface area contributed by atoms with Gasteiger partial charge in [0, 0.05) is 25.9 Å². The summed E-state index contributed by atoms with van der Waals surface area (Å²) in [6.07, 6.45) is 4.55. The van der Waals surface area contributed by atoms with E-state index < -0.39 is 5.97 Å². The van der Waals surface area contributed by atoms with Crippen LogP contribution < -0.4 is 10.2 Å². The van der Waals surface area contributed by atoms with Crippen LogP contribution in [0.1, 0.15) is 56.3 Å². The normalized spacial score (nSPS) is 14.2. The van der Waals surface area contributed by atoms with E-state index in [4.69, 9.17) is 4.74 Å². The van der Waals surface area contributed by atoms with E-state index in [0.29, 0.717) is 11.3 Å². The number of para-hydroxylation sites is 1. The number of hydrogen-bond acceptors (Lipinski definition) is 4. The Morgan fingerprint density at radius 3 is 2.52 bits per heavy atom. The van der Waals surface area contributed by atoms with Gasteiger partial charge in [-0.25, -0.2) is 4.79 Å². The maximum absolute atomic E-state index is 12.1. The number of rotatable bonds is 7. The molecule has 0 heterocycles. The number of nitrogens with one attached hydrogen (secondary N) is 1. The number of benzene rings is 1. The molecule has 0 bridgehead atoms. The molecule has 1 aromatic rings. The first-order chi connectivity index (χ1) is 12.0. The zero-order chi connectivity index (χ0) is 18.2. The predicted molar refractivity (Wildman–Crippen MR) is 95.4 cm³/mol. The highest BCUT2D eigenvalue weighted by Gasteiger charge is 2.22. The average molecular weight is 346 g/mol. The van der Waals surface area contributed by atoms with Crippen LogP contribution in [0.4, 0.5) is 5.69 Å².